The molecule has 0 fully saturated rings. The molecule has 0 aliphatic rings. The van der Waals surface area contributed by atoms with Gasteiger partial charge in [0.1, 0.15) is 0 Å². The van der Waals surface area contributed by atoms with Crippen molar-refractivity contribution in [1.82, 2.24) is 4.72 Å². The number of aryl methyl sites for hydroxylation is 1. The van der Waals surface area contributed by atoms with Crippen molar-refractivity contribution in [3.63, 3.8) is 0 Å². The van der Waals surface area contributed by atoms with E-state index in [1.165, 1.54) is 5.56 Å². The van der Waals surface area contributed by atoms with Gasteiger partial charge < -0.3 is 0 Å². The molecule has 0 saturated heterocycles. The van der Waals surface area contributed by atoms with Gasteiger partial charge in [-0.25, -0.2) is 13.1 Å². The van der Waals surface area contributed by atoms with E-state index in [2.05, 4.69) is 18.6 Å². The number of hydrogen-bond acceptors (Lipinski definition) is 2. The number of alkyl halides is 1. The molecule has 0 saturated carbocycles. The highest BCUT2D eigenvalue weighted by Gasteiger charge is 2.13. The molecule has 114 valence electrons. The van der Waals surface area contributed by atoms with Gasteiger partial charge in [-0.15, -0.1) is 11.6 Å². The number of sulfonamides is 1. The van der Waals surface area contributed by atoms with E-state index in [9.17, 15) is 8.42 Å². The maximum Gasteiger partial charge on any atom is 0.240 e. The van der Waals surface area contributed by atoms with E-state index in [1.807, 2.05) is 12.1 Å². The van der Waals surface area contributed by atoms with Crippen LogP contribution >= 0.6 is 11.6 Å². The van der Waals surface area contributed by atoms with Gasteiger partial charge in [0.25, 0.3) is 0 Å². The first-order chi connectivity index (χ1) is 9.49. The lowest BCUT2D eigenvalue weighted by Crippen LogP contribution is -2.25. The third kappa shape index (κ3) is 5.81. The average molecular weight is 318 g/mol. The van der Waals surface area contributed by atoms with Gasteiger partial charge in [-0.2, -0.15) is 0 Å². The van der Waals surface area contributed by atoms with E-state index in [0.717, 1.165) is 25.7 Å². The van der Waals surface area contributed by atoms with E-state index in [4.69, 9.17) is 11.6 Å². The van der Waals surface area contributed by atoms with Gasteiger partial charge in [0, 0.05) is 12.4 Å². The Bertz CT molecular complexity index is 485. The van der Waals surface area contributed by atoms with Crippen molar-refractivity contribution in [2.45, 2.75) is 44.4 Å². The number of benzene rings is 1. The SMILES string of the molecule is CCCc1ccc(S(=O)(=O)NCCCC(C)CCl)cc1. The lowest BCUT2D eigenvalue weighted by molar-refractivity contribution is 0.543. The zero-order chi connectivity index (χ0) is 15.0. The van der Waals surface area contributed by atoms with Crippen LogP contribution in [0.2, 0.25) is 0 Å². The third-order valence-corrected chi connectivity index (χ3v) is 5.21. The van der Waals surface area contributed by atoms with E-state index in [-0.39, 0.29) is 0 Å². The second kappa shape index (κ2) is 8.65. The van der Waals surface area contributed by atoms with Crippen LogP contribution in [-0.2, 0) is 16.4 Å². The Kier molecular flexibility index (Phi) is 7.56. The highest BCUT2D eigenvalue weighted by atomic mass is 35.5. The van der Waals surface area contributed by atoms with Crippen molar-refractivity contribution in [3.8, 4) is 0 Å². The zero-order valence-corrected chi connectivity index (χ0v) is 13.8. The summed E-state index contributed by atoms with van der Waals surface area (Å²) in [5.74, 6) is 1.04. The van der Waals surface area contributed by atoms with Crippen molar-refractivity contribution >= 4 is 21.6 Å². The third-order valence-electron chi connectivity index (χ3n) is 3.20. The first-order valence-electron chi connectivity index (χ1n) is 7.14. The van der Waals surface area contributed by atoms with Crippen molar-refractivity contribution in [3.05, 3.63) is 29.8 Å². The fraction of sp³-hybridized carbons (Fsp3) is 0.600. The van der Waals surface area contributed by atoms with Crippen molar-refractivity contribution < 1.29 is 8.42 Å². The molecule has 20 heavy (non-hydrogen) atoms. The van der Waals surface area contributed by atoms with Gasteiger partial charge in [-0.1, -0.05) is 32.4 Å². The van der Waals surface area contributed by atoms with Gasteiger partial charge in [0.05, 0.1) is 4.90 Å². The number of rotatable bonds is 9. The molecular formula is C15H24ClNO2S. The Morgan fingerprint density at radius 3 is 2.45 bits per heavy atom. The zero-order valence-electron chi connectivity index (χ0n) is 12.2. The highest BCUT2D eigenvalue weighted by Crippen LogP contribution is 2.12. The minimum atomic E-state index is -3.38. The number of halogens is 1. The van der Waals surface area contributed by atoms with Crippen LogP contribution in [0.1, 0.15) is 38.7 Å². The Hall–Kier alpha value is -0.580. The van der Waals surface area contributed by atoms with Crippen LogP contribution in [0.3, 0.4) is 0 Å². The fourth-order valence-corrected chi connectivity index (χ4v) is 3.17. The molecule has 0 aliphatic heterocycles. The molecule has 1 aromatic rings. The predicted molar refractivity (Wildman–Crippen MR) is 84.7 cm³/mol. The Morgan fingerprint density at radius 2 is 1.90 bits per heavy atom. The lowest BCUT2D eigenvalue weighted by Gasteiger charge is -2.09. The quantitative estimate of drug-likeness (QED) is 0.559. The van der Waals surface area contributed by atoms with Gasteiger partial charge in [-0.3, -0.25) is 0 Å². The highest BCUT2D eigenvalue weighted by molar-refractivity contribution is 7.89. The second-order valence-corrected chi connectivity index (χ2v) is 7.27. The van der Waals surface area contributed by atoms with E-state index >= 15 is 0 Å². The van der Waals surface area contributed by atoms with Crippen LogP contribution < -0.4 is 4.72 Å². The molecule has 0 spiro atoms. The van der Waals surface area contributed by atoms with Crippen molar-refractivity contribution in [1.29, 1.82) is 0 Å². The summed E-state index contributed by atoms with van der Waals surface area (Å²) in [6, 6.07) is 7.12. The molecular weight excluding hydrogens is 294 g/mol. The summed E-state index contributed by atoms with van der Waals surface area (Å²) >= 11 is 5.72. The Balaban J connectivity index is 2.51. The summed E-state index contributed by atoms with van der Waals surface area (Å²) in [5, 5.41) is 0. The topological polar surface area (TPSA) is 46.2 Å². The molecule has 0 aliphatic carbocycles. The summed E-state index contributed by atoms with van der Waals surface area (Å²) in [5.41, 5.74) is 1.17. The number of hydrogen-bond donors (Lipinski definition) is 1. The molecule has 5 heteroatoms. The van der Waals surface area contributed by atoms with Crippen LogP contribution in [0.15, 0.2) is 29.2 Å². The van der Waals surface area contributed by atoms with Gasteiger partial charge >= 0.3 is 0 Å². The summed E-state index contributed by atoms with van der Waals surface area (Å²) < 4.78 is 26.8. The van der Waals surface area contributed by atoms with E-state index in [1.54, 1.807) is 12.1 Å². The lowest BCUT2D eigenvalue weighted by atomic mass is 10.1. The molecule has 3 nitrogen and oxygen atoms in total. The first kappa shape index (κ1) is 17.5. The minimum Gasteiger partial charge on any atom is -0.211 e. The molecule has 1 rings (SSSR count). The largest absolute Gasteiger partial charge is 0.240 e. The number of nitrogens with one attached hydrogen (secondary N) is 1. The van der Waals surface area contributed by atoms with Crippen LogP contribution in [0.5, 0.6) is 0 Å². The Labute approximate surface area is 127 Å². The molecule has 1 unspecified atom stereocenters. The normalized spacial score (nSPS) is 13.3. The van der Waals surface area contributed by atoms with Crippen LogP contribution in [-0.4, -0.2) is 20.8 Å². The molecule has 0 amide bonds. The Morgan fingerprint density at radius 1 is 1.25 bits per heavy atom. The van der Waals surface area contributed by atoms with Crippen LogP contribution in [0, 0.1) is 5.92 Å². The van der Waals surface area contributed by atoms with E-state index in [0.29, 0.717) is 23.2 Å². The summed E-state index contributed by atoms with van der Waals surface area (Å²) in [6.07, 6.45) is 3.77. The second-order valence-electron chi connectivity index (χ2n) is 5.19. The van der Waals surface area contributed by atoms with Gasteiger partial charge in [0.15, 0.2) is 0 Å². The molecule has 1 N–H and O–H groups in total. The van der Waals surface area contributed by atoms with Gasteiger partial charge in [0.2, 0.25) is 10.0 Å². The summed E-state index contributed by atoms with van der Waals surface area (Å²) in [7, 11) is -3.38. The standard InChI is InChI=1S/C15H24ClNO2S/c1-3-5-14-7-9-15(10-8-14)20(18,19)17-11-4-6-13(2)12-16/h7-10,13,17H,3-6,11-12H2,1-2H3. The maximum atomic E-state index is 12.1. The first-order valence-corrected chi connectivity index (χ1v) is 9.16. The van der Waals surface area contributed by atoms with Crippen molar-refractivity contribution in [2.24, 2.45) is 5.92 Å². The van der Waals surface area contributed by atoms with Crippen molar-refractivity contribution in [2.75, 3.05) is 12.4 Å². The smallest absolute Gasteiger partial charge is 0.211 e. The fourth-order valence-electron chi connectivity index (χ4n) is 1.94. The molecule has 0 bridgehead atoms. The molecule has 0 radical (unpaired) electrons. The molecule has 1 atom stereocenters. The maximum absolute atomic E-state index is 12.1. The summed E-state index contributed by atoms with van der Waals surface area (Å²) in [6.45, 7) is 4.63. The molecule has 0 aromatic heterocycles. The van der Waals surface area contributed by atoms with Crippen LogP contribution in [0.25, 0.3) is 0 Å². The summed E-state index contributed by atoms with van der Waals surface area (Å²) in [4.78, 5) is 0.336. The minimum absolute atomic E-state index is 0.336. The van der Waals surface area contributed by atoms with Gasteiger partial charge in [-0.05, 0) is 42.9 Å². The average Bonchev–Trinajstić information content (AvgIpc) is 2.44. The van der Waals surface area contributed by atoms with E-state index < -0.39 is 10.0 Å². The monoisotopic (exact) mass is 317 g/mol. The molecule has 1 aromatic carbocycles. The predicted octanol–water partition coefficient (Wildman–Crippen LogP) is 3.57. The molecule has 0 heterocycles. The van der Waals surface area contributed by atoms with Crippen LogP contribution in [0.4, 0.5) is 0 Å².